The van der Waals surface area contributed by atoms with Gasteiger partial charge in [-0.1, -0.05) is 0 Å². The van der Waals surface area contributed by atoms with Crippen molar-refractivity contribution in [1.82, 2.24) is 9.97 Å². The highest BCUT2D eigenvalue weighted by Gasteiger charge is 2.32. The number of hydrogen-bond acceptors (Lipinski definition) is 4. The zero-order valence-electron chi connectivity index (χ0n) is 13.4. The Balaban J connectivity index is 1.96. The maximum atomic E-state index is 13.4. The highest BCUT2D eigenvalue weighted by atomic mass is 19.4. The molecule has 3 aromatic rings. The third-order valence-corrected chi connectivity index (χ3v) is 3.47. The lowest BCUT2D eigenvalue weighted by Gasteiger charge is -2.13. The van der Waals surface area contributed by atoms with Crippen molar-refractivity contribution in [3.63, 3.8) is 0 Å². The number of methoxy groups -OCH3 is 1. The van der Waals surface area contributed by atoms with Gasteiger partial charge in [-0.25, -0.2) is 14.4 Å². The third-order valence-electron chi connectivity index (χ3n) is 3.47. The zero-order valence-corrected chi connectivity index (χ0v) is 13.4. The molecule has 0 spiro atoms. The molecule has 0 atom stereocenters. The SMILES string of the molecule is COc1cc(F)ccc1-c1cccnc1Oc1ccc(C(F)(F)F)nc1. The molecule has 0 aliphatic rings. The molecule has 1 aromatic carbocycles. The lowest BCUT2D eigenvalue weighted by atomic mass is 10.1. The summed E-state index contributed by atoms with van der Waals surface area (Å²) in [6.45, 7) is 0. The molecule has 26 heavy (non-hydrogen) atoms. The van der Waals surface area contributed by atoms with Crippen molar-refractivity contribution in [1.29, 1.82) is 0 Å². The Hall–Kier alpha value is -3.16. The van der Waals surface area contributed by atoms with Gasteiger partial charge in [-0.15, -0.1) is 0 Å². The van der Waals surface area contributed by atoms with Gasteiger partial charge in [-0.3, -0.25) is 0 Å². The number of alkyl halides is 3. The van der Waals surface area contributed by atoms with Crippen LogP contribution in [0, 0.1) is 5.82 Å². The van der Waals surface area contributed by atoms with Crippen molar-refractivity contribution < 1.29 is 27.0 Å². The Bertz CT molecular complexity index is 912. The first-order valence-corrected chi connectivity index (χ1v) is 7.38. The highest BCUT2D eigenvalue weighted by Crippen LogP contribution is 2.37. The molecule has 0 bridgehead atoms. The van der Waals surface area contributed by atoms with Gasteiger partial charge in [-0.2, -0.15) is 13.2 Å². The van der Waals surface area contributed by atoms with Crippen LogP contribution in [0.4, 0.5) is 17.6 Å². The van der Waals surface area contributed by atoms with Crippen LogP contribution in [0.5, 0.6) is 17.4 Å². The van der Waals surface area contributed by atoms with E-state index in [-0.39, 0.29) is 17.4 Å². The summed E-state index contributed by atoms with van der Waals surface area (Å²) in [6, 6.07) is 9.27. The molecule has 0 fully saturated rings. The van der Waals surface area contributed by atoms with Gasteiger partial charge >= 0.3 is 6.18 Å². The summed E-state index contributed by atoms with van der Waals surface area (Å²) in [7, 11) is 1.40. The second-order valence-corrected chi connectivity index (χ2v) is 5.18. The second kappa shape index (κ2) is 6.99. The first kappa shape index (κ1) is 17.7. The van der Waals surface area contributed by atoms with Gasteiger partial charge in [0, 0.05) is 23.4 Å². The maximum absolute atomic E-state index is 13.4. The van der Waals surface area contributed by atoms with E-state index in [0.717, 1.165) is 18.3 Å². The van der Waals surface area contributed by atoms with Gasteiger partial charge in [-0.05, 0) is 36.4 Å². The molecule has 134 valence electrons. The molecule has 0 N–H and O–H groups in total. The van der Waals surface area contributed by atoms with Crippen molar-refractivity contribution in [2.45, 2.75) is 6.18 Å². The van der Waals surface area contributed by atoms with E-state index >= 15 is 0 Å². The minimum Gasteiger partial charge on any atom is -0.496 e. The Kier molecular flexibility index (Phi) is 4.75. The molecule has 0 saturated heterocycles. The van der Waals surface area contributed by atoms with Gasteiger partial charge in [0.25, 0.3) is 0 Å². The van der Waals surface area contributed by atoms with E-state index in [0.29, 0.717) is 11.1 Å². The minimum atomic E-state index is -4.53. The van der Waals surface area contributed by atoms with Crippen molar-refractivity contribution in [3.8, 4) is 28.5 Å². The Morgan fingerprint density at radius 2 is 1.77 bits per heavy atom. The van der Waals surface area contributed by atoms with Gasteiger partial charge in [0.05, 0.1) is 13.3 Å². The average Bonchev–Trinajstić information content (AvgIpc) is 2.62. The van der Waals surface area contributed by atoms with Gasteiger partial charge in [0.2, 0.25) is 5.88 Å². The summed E-state index contributed by atoms with van der Waals surface area (Å²) in [5, 5.41) is 0. The quantitative estimate of drug-likeness (QED) is 0.604. The van der Waals surface area contributed by atoms with Crippen molar-refractivity contribution >= 4 is 0 Å². The molecular formula is C18H12F4N2O2. The first-order chi connectivity index (χ1) is 12.4. The van der Waals surface area contributed by atoms with Gasteiger partial charge in [0.15, 0.2) is 0 Å². The number of ether oxygens (including phenoxy) is 2. The van der Waals surface area contributed by atoms with Gasteiger partial charge < -0.3 is 9.47 Å². The van der Waals surface area contributed by atoms with Crippen LogP contribution in [0.2, 0.25) is 0 Å². The minimum absolute atomic E-state index is 0.0824. The molecule has 3 rings (SSSR count). The third kappa shape index (κ3) is 3.74. The van der Waals surface area contributed by atoms with Crippen LogP contribution in [0.15, 0.2) is 54.9 Å². The summed E-state index contributed by atoms with van der Waals surface area (Å²) >= 11 is 0. The smallest absolute Gasteiger partial charge is 0.433 e. The Labute approximate surface area is 146 Å². The normalized spacial score (nSPS) is 11.3. The Morgan fingerprint density at radius 3 is 2.42 bits per heavy atom. The molecule has 0 amide bonds. The molecule has 2 heterocycles. The first-order valence-electron chi connectivity index (χ1n) is 7.38. The van der Waals surface area contributed by atoms with E-state index in [1.54, 1.807) is 12.1 Å². The summed E-state index contributed by atoms with van der Waals surface area (Å²) in [5.74, 6) is 0.00953. The average molecular weight is 364 g/mol. The summed E-state index contributed by atoms with van der Waals surface area (Å²) in [4.78, 5) is 7.44. The number of aromatic nitrogens is 2. The maximum Gasteiger partial charge on any atom is 0.433 e. The molecule has 0 saturated carbocycles. The predicted octanol–water partition coefficient (Wildman–Crippen LogP) is 5.10. The number of rotatable bonds is 4. The van der Waals surface area contributed by atoms with Crippen molar-refractivity contribution in [3.05, 3.63) is 66.4 Å². The standard InChI is InChI=1S/C18H12F4N2O2/c1-25-15-9-11(19)4-6-13(15)14-3-2-8-23-17(14)26-12-5-7-16(24-10-12)18(20,21)22/h2-10H,1H3. The van der Waals surface area contributed by atoms with E-state index in [4.69, 9.17) is 9.47 Å². The topological polar surface area (TPSA) is 44.2 Å². The fourth-order valence-corrected chi connectivity index (χ4v) is 2.28. The number of hydrogen-bond donors (Lipinski definition) is 0. The number of benzene rings is 1. The lowest BCUT2D eigenvalue weighted by Crippen LogP contribution is -2.07. The molecule has 4 nitrogen and oxygen atoms in total. The molecule has 0 aliphatic carbocycles. The van der Waals surface area contributed by atoms with Crippen molar-refractivity contribution in [2.24, 2.45) is 0 Å². The Morgan fingerprint density at radius 1 is 0.962 bits per heavy atom. The van der Waals surface area contributed by atoms with Crippen LogP contribution in [-0.2, 0) is 6.18 Å². The molecule has 0 unspecified atom stereocenters. The highest BCUT2D eigenvalue weighted by molar-refractivity contribution is 5.74. The lowest BCUT2D eigenvalue weighted by molar-refractivity contribution is -0.141. The zero-order chi connectivity index (χ0) is 18.7. The van der Waals surface area contributed by atoms with Crippen LogP contribution in [0.1, 0.15) is 5.69 Å². The largest absolute Gasteiger partial charge is 0.496 e. The molecule has 2 aromatic heterocycles. The summed E-state index contributed by atoms with van der Waals surface area (Å²) < 4.78 is 61.9. The van der Waals surface area contributed by atoms with Gasteiger partial charge in [0.1, 0.15) is 23.0 Å². The molecular weight excluding hydrogens is 352 g/mol. The van der Waals surface area contributed by atoms with E-state index in [9.17, 15) is 17.6 Å². The van der Waals surface area contributed by atoms with Crippen LogP contribution < -0.4 is 9.47 Å². The van der Waals surface area contributed by atoms with Crippen LogP contribution >= 0.6 is 0 Å². The van der Waals surface area contributed by atoms with E-state index in [1.807, 2.05) is 0 Å². The number of nitrogens with zero attached hydrogens (tertiary/aromatic N) is 2. The van der Waals surface area contributed by atoms with Crippen LogP contribution in [0.3, 0.4) is 0 Å². The summed E-state index contributed by atoms with van der Waals surface area (Å²) in [6.07, 6.45) is -2.11. The van der Waals surface area contributed by atoms with E-state index in [1.165, 1.54) is 31.5 Å². The van der Waals surface area contributed by atoms with Crippen LogP contribution in [-0.4, -0.2) is 17.1 Å². The van der Waals surface area contributed by atoms with Crippen molar-refractivity contribution in [2.75, 3.05) is 7.11 Å². The number of pyridine rings is 2. The fourth-order valence-electron chi connectivity index (χ4n) is 2.28. The fraction of sp³-hybridized carbons (Fsp3) is 0.111. The number of halogens is 4. The second-order valence-electron chi connectivity index (χ2n) is 5.18. The van der Waals surface area contributed by atoms with Crippen LogP contribution in [0.25, 0.3) is 11.1 Å². The molecule has 8 heteroatoms. The predicted molar refractivity (Wildman–Crippen MR) is 85.5 cm³/mol. The monoisotopic (exact) mass is 364 g/mol. The molecule has 0 aliphatic heterocycles. The molecule has 0 radical (unpaired) electrons. The van der Waals surface area contributed by atoms with E-state index in [2.05, 4.69) is 9.97 Å². The summed E-state index contributed by atoms with van der Waals surface area (Å²) in [5.41, 5.74) is -0.00702. The van der Waals surface area contributed by atoms with E-state index < -0.39 is 17.7 Å².